The number of carbonyl (C=O) groups is 2. The highest BCUT2D eigenvalue weighted by Gasteiger charge is 2.61. The minimum atomic E-state index is -3.80. The van der Waals surface area contributed by atoms with Crippen molar-refractivity contribution in [2.45, 2.75) is 62.0 Å². The molecule has 176 valence electrons. The molecule has 4 aliphatic rings. The minimum absolute atomic E-state index is 0.0379. The smallest absolute Gasteiger partial charge is 0.312 e. The summed E-state index contributed by atoms with van der Waals surface area (Å²) in [5, 5.41) is 13.5. The average Bonchev–Trinajstić information content (AvgIpc) is 2.67. The number of carbonyl (C=O) groups excluding carboxylic acids is 2. The molecule has 0 aromatic heterocycles. The third-order valence-electron chi connectivity index (χ3n) is 7.07. The Bertz CT molecular complexity index is 1040. The van der Waals surface area contributed by atoms with Gasteiger partial charge in [0.05, 0.1) is 16.0 Å². The lowest BCUT2D eigenvalue weighted by Crippen LogP contribution is -2.59. The Labute approximate surface area is 193 Å². The molecule has 4 bridgehead atoms. The zero-order chi connectivity index (χ0) is 23.5. The summed E-state index contributed by atoms with van der Waals surface area (Å²) in [4.78, 5) is 25.7. The van der Waals surface area contributed by atoms with Crippen LogP contribution in [0, 0.1) is 17.3 Å². The number of aliphatic hydroxyl groups is 1. The molecule has 4 saturated carbocycles. The van der Waals surface area contributed by atoms with E-state index in [9.17, 15) is 23.1 Å². The Morgan fingerprint density at radius 3 is 2.41 bits per heavy atom. The number of sulfonamides is 1. The van der Waals surface area contributed by atoms with Crippen molar-refractivity contribution in [1.82, 2.24) is 4.31 Å². The number of ether oxygens (including phenoxy) is 1. The molecule has 2 N–H and O–H groups in total. The highest BCUT2D eigenvalue weighted by atomic mass is 35.5. The SMILES string of the molecule is C[C@@H](OC(=O)C12C[C@H]3C[C@@H](CC(O)(C3)C1)C2)C(=O)Nc1ccc(Cl)c(S(=O)(=O)N(C)C)c1. The molecule has 1 aromatic carbocycles. The van der Waals surface area contributed by atoms with Crippen molar-refractivity contribution in [2.24, 2.45) is 17.3 Å². The monoisotopic (exact) mass is 484 g/mol. The van der Waals surface area contributed by atoms with Crippen LogP contribution >= 0.6 is 11.6 Å². The van der Waals surface area contributed by atoms with Gasteiger partial charge in [-0.25, -0.2) is 12.7 Å². The predicted molar refractivity (Wildman–Crippen MR) is 119 cm³/mol. The van der Waals surface area contributed by atoms with E-state index < -0.39 is 39.0 Å². The summed E-state index contributed by atoms with van der Waals surface area (Å²) in [6.45, 7) is 1.48. The maximum atomic E-state index is 13.1. The fraction of sp³-hybridized carbons (Fsp3) is 0.636. The van der Waals surface area contributed by atoms with Gasteiger partial charge in [-0.2, -0.15) is 0 Å². The normalized spacial score (nSPS) is 32.1. The summed E-state index contributed by atoms with van der Waals surface area (Å²) < 4.78 is 31.5. The average molecular weight is 485 g/mol. The van der Waals surface area contributed by atoms with Crippen molar-refractivity contribution in [3.8, 4) is 0 Å². The number of esters is 1. The van der Waals surface area contributed by atoms with E-state index >= 15 is 0 Å². The number of rotatable bonds is 6. The molecule has 10 heteroatoms. The van der Waals surface area contributed by atoms with Crippen LogP contribution in [-0.2, 0) is 24.3 Å². The van der Waals surface area contributed by atoms with E-state index in [2.05, 4.69) is 5.32 Å². The zero-order valence-electron chi connectivity index (χ0n) is 18.4. The quantitative estimate of drug-likeness (QED) is 0.600. The summed E-state index contributed by atoms with van der Waals surface area (Å²) in [5.74, 6) is -0.356. The second-order valence-corrected chi connectivity index (χ2v) is 12.5. The first-order valence-corrected chi connectivity index (χ1v) is 12.6. The van der Waals surface area contributed by atoms with Crippen LogP contribution in [0.1, 0.15) is 45.4 Å². The topological polar surface area (TPSA) is 113 Å². The number of halogens is 1. The van der Waals surface area contributed by atoms with Crippen LogP contribution in [0.2, 0.25) is 5.02 Å². The van der Waals surface area contributed by atoms with Gasteiger partial charge in [-0.15, -0.1) is 0 Å². The van der Waals surface area contributed by atoms with Gasteiger partial charge in [-0.3, -0.25) is 9.59 Å². The van der Waals surface area contributed by atoms with Crippen molar-refractivity contribution < 1.29 is 27.9 Å². The number of anilines is 1. The van der Waals surface area contributed by atoms with Gasteiger partial charge in [0.25, 0.3) is 5.91 Å². The first kappa shape index (κ1) is 23.5. The molecule has 0 unspecified atom stereocenters. The highest BCUT2D eigenvalue weighted by Crippen LogP contribution is 2.62. The van der Waals surface area contributed by atoms with Gasteiger partial charge < -0.3 is 15.2 Å². The molecular formula is C22H29ClN2O6S. The molecule has 5 rings (SSSR count). The largest absolute Gasteiger partial charge is 0.452 e. The molecule has 8 nitrogen and oxygen atoms in total. The van der Waals surface area contributed by atoms with E-state index in [0.29, 0.717) is 31.1 Å². The first-order valence-electron chi connectivity index (χ1n) is 10.8. The molecule has 0 spiro atoms. The van der Waals surface area contributed by atoms with Crippen LogP contribution in [0.3, 0.4) is 0 Å². The van der Waals surface area contributed by atoms with Gasteiger partial charge in [0.2, 0.25) is 10.0 Å². The summed E-state index contributed by atoms with van der Waals surface area (Å²) in [6, 6.07) is 4.15. The lowest BCUT2D eigenvalue weighted by molar-refractivity contribution is -0.199. The van der Waals surface area contributed by atoms with Crippen LogP contribution < -0.4 is 5.32 Å². The van der Waals surface area contributed by atoms with Gasteiger partial charge in [0, 0.05) is 19.8 Å². The number of hydrogen-bond acceptors (Lipinski definition) is 6. The molecule has 3 atom stereocenters. The minimum Gasteiger partial charge on any atom is -0.452 e. The van der Waals surface area contributed by atoms with E-state index in [1.807, 2.05) is 0 Å². The van der Waals surface area contributed by atoms with Crippen molar-refractivity contribution in [2.75, 3.05) is 19.4 Å². The Balaban J connectivity index is 1.45. The Hall–Kier alpha value is -1.68. The third kappa shape index (κ3) is 4.16. The van der Waals surface area contributed by atoms with E-state index in [4.69, 9.17) is 16.3 Å². The fourth-order valence-corrected chi connectivity index (χ4v) is 7.41. The van der Waals surface area contributed by atoms with Crippen LogP contribution in [-0.4, -0.2) is 55.5 Å². The van der Waals surface area contributed by atoms with Crippen molar-refractivity contribution in [3.05, 3.63) is 23.2 Å². The lowest BCUT2D eigenvalue weighted by Gasteiger charge is -2.58. The zero-order valence-corrected chi connectivity index (χ0v) is 20.0. The number of amides is 1. The molecule has 4 fully saturated rings. The molecule has 32 heavy (non-hydrogen) atoms. The van der Waals surface area contributed by atoms with Crippen molar-refractivity contribution >= 4 is 39.2 Å². The van der Waals surface area contributed by atoms with E-state index in [1.54, 1.807) is 0 Å². The number of hydrogen-bond donors (Lipinski definition) is 2. The molecule has 0 heterocycles. The summed E-state index contributed by atoms with van der Waals surface area (Å²) in [5.41, 5.74) is -1.29. The molecule has 0 saturated heterocycles. The molecular weight excluding hydrogens is 456 g/mol. The third-order valence-corrected chi connectivity index (χ3v) is 9.37. The maximum Gasteiger partial charge on any atom is 0.312 e. The standard InChI is InChI=1S/C22H29ClN2O6S/c1-13(19(26)24-16-4-5-17(23)18(7-16)32(29,30)25(2)3)31-20(27)21-8-14-6-15(9-21)11-22(28,10-14)12-21/h4-5,7,13-15,28H,6,8-12H2,1-3H3,(H,24,26)/t13-,14-,15-,21?,22?/m1/s1. The van der Waals surface area contributed by atoms with Gasteiger partial charge in [0.15, 0.2) is 6.10 Å². The molecule has 0 radical (unpaired) electrons. The van der Waals surface area contributed by atoms with Gasteiger partial charge in [-0.05, 0) is 75.5 Å². The first-order chi connectivity index (χ1) is 14.8. The molecule has 1 aromatic rings. The van der Waals surface area contributed by atoms with Gasteiger partial charge in [-0.1, -0.05) is 11.6 Å². The number of nitrogens with zero attached hydrogens (tertiary/aromatic N) is 1. The Morgan fingerprint density at radius 1 is 1.22 bits per heavy atom. The predicted octanol–water partition coefficient (Wildman–Crippen LogP) is 2.79. The van der Waals surface area contributed by atoms with Crippen LogP contribution in [0.15, 0.2) is 23.1 Å². The van der Waals surface area contributed by atoms with Crippen LogP contribution in [0.5, 0.6) is 0 Å². The van der Waals surface area contributed by atoms with Crippen LogP contribution in [0.4, 0.5) is 5.69 Å². The summed E-state index contributed by atoms with van der Waals surface area (Å²) in [7, 11) is -1.02. The van der Waals surface area contributed by atoms with E-state index in [1.165, 1.54) is 39.2 Å². The Morgan fingerprint density at radius 2 is 1.84 bits per heavy atom. The van der Waals surface area contributed by atoms with Crippen molar-refractivity contribution in [3.63, 3.8) is 0 Å². The van der Waals surface area contributed by atoms with E-state index in [0.717, 1.165) is 23.6 Å². The van der Waals surface area contributed by atoms with Crippen LogP contribution in [0.25, 0.3) is 0 Å². The summed E-state index contributed by atoms with van der Waals surface area (Å²) >= 11 is 6.05. The molecule has 4 aliphatic carbocycles. The summed E-state index contributed by atoms with van der Waals surface area (Å²) in [6.07, 6.45) is 3.23. The number of nitrogens with one attached hydrogen (secondary N) is 1. The fourth-order valence-electron chi connectivity index (χ4n) is 6.01. The van der Waals surface area contributed by atoms with Crippen molar-refractivity contribution in [1.29, 1.82) is 0 Å². The Kier molecular flexibility index (Phi) is 5.85. The molecule has 1 amide bonds. The van der Waals surface area contributed by atoms with E-state index in [-0.39, 0.29) is 15.6 Å². The number of benzene rings is 1. The second-order valence-electron chi connectivity index (χ2n) is 9.94. The highest BCUT2D eigenvalue weighted by molar-refractivity contribution is 7.89. The van der Waals surface area contributed by atoms with Gasteiger partial charge in [0.1, 0.15) is 4.90 Å². The van der Waals surface area contributed by atoms with Gasteiger partial charge >= 0.3 is 5.97 Å². The molecule has 0 aliphatic heterocycles. The maximum absolute atomic E-state index is 13.1. The lowest BCUT2D eigenvalue weighted by atomic mass is 9.48. The second kappa shape index (κ2) is 7.97.